The molecule has 2 rings (SSSR count). The van der Waals surface area contributed by atoms with Gasteiger partial charge in [-0.15, -0.1) is 0 Å². The lowest BCUT2D eigenvalue weighted by molar-refractivity contribution is 0.509. The van der Waals surface area contributed by atoms with Crippen LogP contribution in [0.2, 0.25) is 0 Å². The smallest absolute Gasteiger partial charge is 0.307 e. The topological polar surface area (TPSA) is 48.6 Å². The highest BCUT2D eigenvalue weighted by Crippen LogP contribution is 2.18. The molecule has 0 fully saturated rings. The van der Waals surface area contributed by atoms with Crippen LogP contribution < -0.4 is 5.69 Å². The number of aromatic amines is 2. The number of rotatable bonds is 1. The fourth-order valence-electron chi connectivity index (χ4n) is 1.29. The number of hydrogen-bond acceptors (Lipinski definition) is 2. The van der Waals surface area contributed by atoms with Crippen LogP contribution in [0.4, 0.5) is 8.78 Å². The van der Waals surface area contributed by atoms with Gasteiger partial charge in [0, 0.05) is 5.56 Å². The van der Waals surface area contributed by atoms with Gasteiger partial charge in [0.2, 0.25) is 0 Å². The first-order chi connectivity index (χ1) is 7.56. The van der Waals surface area contributed by atoms with Gasteiger partial charge in [0.05, 0.1) is 5.69 Å². The summed E-state index contributed by atoms with van der Waals surface area (Å²) >= 11 is 4.80. The number of nitrogens with one attached hydrogen (secondary N) is 2. The SMILES string of the molecule is O=c1[nH]c(-c2ccc(F)c(F)c2)cc(=S)[nH]1. The molecule has 0 spiro atoms. The Balaban J connectivity index is 2.63. The second-order valence-corrected chi connectivity index (χ2v) is 3.57. The van der Waals surface area contributed by atoms with Crippen molar-refractivity contribution in [3.05, 3.63) is 51.0 Å². The Kier molecular flexibility index (Phi) is 2.66. The van der Waals surface area contributed by atoms with Crippen LogP contribution in [-0.2, 0) is 0 Å². The van der Waals surface area contributed by atoms with Gasteiger partial charge in [-0.1, -0.05) is 12.2 Å². The fraction of sp³-hybridized carbons (Fsp3) is 0. The lowest BCUT2D eigenvalue weighted by atomic mass is 10.1. The van der Waals surface area contributed by atoms with E-state index in [0.29, 0.717) is 11.3 Å². The standard InChI is InChI=1S/C10H6F2N2OS/c11-6-2-1-5(3-7(6)12)8-4-9(16)14-10(15)13-8/h1-4H,(H2,13,14,15,16). The molecule has 0 atom stereocenters. The highest BCUT2D eigenvalue weighted by molar-refractivity contribution is 7.71. The molecule has 0 bridgehead atoms. The number of halogens is 2. The van der Waals surface area contributed by atoms with E-state index in [1.54, 1.807) is 0 Å². The molecule has 1 heterocycles. The molecule has 2 N–H and O–H groups in total. The molecule has 0 aliphatic carbocycles. The average Bonchev–Trinajstić information content (AvgIpc) is 2.20. The van der Waals surface area contributed by atoms with Crippen LogP contribution >= 0.6 is 12.2 Å². The van der Waals surface area contributed by atoms with Crippen molar-refractivity contribution in [1.82, 2.24) is 9.97 Å². The highest BCUT2D eigenvalue weighted by Gasteiger charge is 2.05. The summed E-state index contributed by atoms with van der Waals surface area (Å²) in [5.41, 5.74) is 0.205. The molecule has 6 heteroatoms. The minimum Gasteiger partial charge on any atom is -0.307 e. The van der Waals surface area contributed by atoms with Crippen LogP contribution in [0.1, 0.15) is 0 Å². The molecule has 16 heavy (non-hydrogen) atoms. The van der Waals surface area contributed by atoms with Crippen LogP contribution in [0.5, 0.6) is 0 Å². The zero-order chi connectivity index (χ0) is 11.7. The molecule has 3 nitrogen and oxygen atoms in total. The van der Waals surface area contributed by atoms with Crippen LogP contribution in [0.15, 0.2) is 29.1 Å². The summed E-state index contributed by atoms with van der Waals surface area (Å²) in [5, 5.41) is 0. The minimum atomic E-state index is -0.975. The van der Waals surface area contributed by atoms with E-state index < -0.39 is 17.3 Å². The predicted octanol–water partition coefficient (Wildman–Crippen LogP) is 2.38. The Bertz CT molecular complexity index is 620. The molecule has 0 saturated carbocycles. The highest BCUT2D eigenvalue weighted by atomic mass is 32.1. The summed E-state index contributed by atoms with van der Waals surface area (Å²) < 4.78 is 25.9. The summed E-state index contributed by atoms with van der Waals surface area (Å²) in [6.45, 7) is 0. The van der Waals surface area contributed by atoms with Crippen molar-refractivity contribution >= 4 is 12.2 Å². The fourth-order valence-corrected chi connectivity index (χ4v) is 1.50. The van der Waals surface area contributed by atoms with Crippen LogP contribution in [0.3, 0.4) is 0 Å². The van der Waals surface area contributed by atoms with Crippen molar-refractivity contribution in [3.8, 4) is 11.3 Å². The molecule has 0 aliphatic heterocycles. The maximum atomic E-state index is 13.0. The van der Waals surface area contributed by atoms with E-state index in [9.17, 15) is 13.6 Å². The van der Waals surface area contributed by atoms with E-state index in [4.69, 9.17) is 12.2 Å². The zero-order valence-electron chi connectivity index (χ0n) is 7.88. The molecular weight excluding hydrogens is 234 g/mol. The van der Waals surface area contributed by atoms with Gasteiger partial charge in [0.15, 0.2) is 11.6 Å². The molecule has 1 aromatic heterocycles. The number of benzene rings is 1. The average molecular weight is 240 g/mol. The molecule has 0 saturated heterocycles. The normalized spacial score (nSPS) is 10.4. The van der Waals surface area contributed by atoms with Gasteiger partial charge >= 0.3 is 5.69 Å². The van der Waals surface area contributed by atoms with E-state index in [1.807, 2.05) is 0 Å². The molecule has 82 valence electrons. The Morgan fingerprint density at radius 3 is 2.44 bits per heavy atom. The van der Waals surface area contributed by atoms with Crippen LogP contribution in [0, 0.1) is 16.3 Å². The first-order valence-electron chi connectivity index (χ1n) is 4.35. The Hall–Kier alpha value is -1.82. The second kappa shape index (κ2) is 3.97. The van der Waals surface area contributed by atoms with Crippen molar-refractivity contribution in [1.29, 1.82) is 0 Å². The Morgan fingerprint density at radius 2 is 1.81 bits per heavy atom. The van der Waals surface area contributed by atoms with Crippen molar-refractivity contribution < 1.29 is 8.78 Å². The van der Waals surface area contributed by atoms with Crippen molar-refractivity contribution in [2.45, 2.75) is 0 Å². The van der Waals surface area contributed by atoms with Crippen LogP contribution in [-0.4, -0.2) is 9.97 Å². The Morgan fingerprint density at radius 1 is 1.06 bits per heavy atom. The quantitative estimate of drug-likeness (QED) is 0.752. The number of H-pyrrole nitrogens is 2. The van der Waals surface area contributed by atoms with Gasteiger partial charge in [-0.05, 0) is 24.3 Å². The van der Waals surface area contributed by atoms with Crippen LogP contribution in [0.25, 0.3) is 11.3 Å². The predicted molar refractivity (Wildman–Crippen MR) is 57.6 cm³/mol. The number of hydrogen-bond donors (Lipinski definition) is 2. The maximum absolute atomic E-state index is 13.0. The monoisotopic (exact) mass is 240 g/mol. The van der Waals surface area contributed by atoms with Crippen molar-refractivity contribution in [2.75, 3.05) is 0 Å². The summed E-state index contributed by atoms with van der Waals surface area (Å²) in [4.78, 5) is 15.9. The maximum Gasteiger partial charge on any atom is 0.324 e. The molecule has 0 unspecified atom stereocenters. The lowest BCUT2D eigenvalue weighted by Gasteiger charge is -2.01. The summed E-state index contributed by atoms with van der Waals surface area (Å²) in [6.07, 6.45) is 0. The summed E-state index contributed by atoms with van der Waals surface area (Å²) in [5.74, 6) is -1.91. The molecular formula is C10H6F2N2OS. The van der Waals surface area contributed by atoms with E-state index in [0.717, 1.165) is 12.1 Å². The van der Waals surface area contributed by atoms with Crippen molar-refractivity contribution in [3.63, 3.8) is 0 Å². The third-order valence-corrected chi connectivity index (χ3v) is 2.21. The third-order valence-electron chi connectivity index (χ3n) is 1.99. The largest absolute Gasteiger partial charge is 0.324 e. The molecule has 0 radical (unpaired) electrons. The Labute approximate surface area is 93.8 Å². The number of aromatic nitrogens is 2. The molecule has 1 aromatic carbocycles. The van der Waals surface area contributed by atoms with Gasteiger partial charge in [0.1, 0.15) is 4.64 Å². The van der Waals surface area contributed by atoms with Gasteiger partial charge < -0.3 is 4.98 Å². The zero-order valence-corrected chi connectivity index (χ0v) is 8.70. The summed E-state index contributed by atoms with van der Waals surface area (Å²) in [7, 11) is 0. The van der Waals surface area contributed by atoms with E-state index in [2.05, 4.69) is 9.97 Å². The lowest BCUT2D eigenvalue weighted by Crippen LogP contribution is -2.10. The van der Waals surface area contributed by atoms with E-state index in [-0.39, 0.29) is 4.64 Å². The molecule has 0 aliphatic rings. The van der Waals surface area contributed by atoms with Gasteiger partial charge in [0.25, 0.3) is 0 Å². The minimum absolute atomic E-state index is 0.225. The molecule has 0 amide bonds. The van der Waals surface area contributed by atoms with Gasteiger partial charge in [-0.2, -0.15) is 0 Å². The first-order valence-corrected chi connectivity index (χ1v) is 4.76. The van der Waals surface area contributed by atoms with E-state index in [1.165, 1.54) is 12.1 Å². The summed E-state index contributed by atoms with van der Waals surface area (Å²) in [6, 6.07) is 4.81. The molecule has 2 aromatic rings. The van der Waals surface area contributed by atoms with Crippen molar-refractivity contribution in [2.24, 2.45) is 0 Å². The third kappa shape index (κ3) is 2.06. The van der Waals surface area contributed by atoms with Gasteiger partial charge in [-0.3, -0.25) is 4.98 Å². The first kappa shape index (κ1) is 10.7. The second-order valence-electron chi connectivity index (χ2n) is 3.13. The van der Waals surface area contributed by atoms with E-state index >= 15 is 0 Å². The van der Waals surface area contributed by atoms with Gasteiger partial charge in [-0.25, -0.2) is 13.6 Å².